The Balaban J connectivity index is 1.55. The number of nitrogens with one attached hydrogen (secondary N) is 1. The van der Waals surface area contributed by atoms with Crippen molar-refractivity contribution in [2.45, 2.75) is 13.5 Å². The molecule has 9 nitrogen and oxygen atoms in total. The summed E-state index contributed by atoms with van der Waals surface area (Å²) in [4.78, 5) is 45.4. The summed E-state index contributed by atoms with van der Waals surface area (Å²) in [5, 5.41) is 5.84. The highest BCUT2D eigenvalue weighted by atomic mass is 32.1. The minimum absolute atomic E-state index is 0.0997. The first-order valence-electron chi connectivity index (χ1n) is 8.71. The Bertz CT molecular complexity index is 1360. The third-order valence-corrected chi connectivity index (χ3v) is 5.26. The lowest BCUT2D eigenvalue weighted by Gasteiger charge is -2.08. The highest BCUT2D eigenvalue weighted by Crippen LogP contribution is 2.23. The molecule has 0 aliphatic rings. The number of pyridine rings is 1. The van der Waals surface area contributed by atoms with Crippen LogP contribution in [0.1, 0.15) is 21.3 Å². The molecule has 0 spiro atoms. The second-order valence-corrected chi connectivity index (χ2v) is 7.54. The van der Waals surface area contributed by atoms with Crippen molar-refractivity contribution in [3.63, 3.8) is 0 Å². The summed E-state index contributed by atoms with van der Waals surface area (Å²) in [6.07, 6.45) is 0. The Kier molecular flexibility index (Phi) is 4.63. The van der Waals surface area contributed by atoms with E-state index in [1.165, 1.54) is 42.1 Å². The molecular weight excluding hydrogens is 394 g/mol. The third-order valence-electron chi connectivity index (χ3n) is 4.49. The average molecular weight is 411 g/mol. The maximum absolute atomic E-state index is 12.5. The van der Waals surface area contributed by atoms with Crippen LogP contribution in [0, 0.1) is 6.92 Å². The Hall–Kier alpha value is -3.53. The second kappa shape index (κ2) is 7.13. The van der Waals surface area contributed by atoms with Gasteiger partial charge in [-0.05, 0) is 31.2 Å². The van der Waals surface area contributed by atoms with Crippen molar-refractivity contribution in [3.8, 4) is 11.5 Å². The lowest BCUT2D eigenvalue weighted by molar-refractivity contribution is 0.0943. The van der Waals surface area contributed by atoms with Gasteiger partial charge < -0.3 is 9.73 Å². The summed E-state index contributed by atoms with van der Waals surface area (Å²) in [6, 6.07) is 6.52. The molecule has 0 saturated heterocycles. The molecule has 0 bridgehead atoms. The molecule has 0 aliphatic carbocycles. The zero-order valence-electron chi connectivity index (χ0n) is 15.9. The molecule has 148 valence electrons. The largest absolute Gasteiger partial charge is 0.458 e. The molecule has 0 radical (unpaired) electrons. The van der Waals surface area contributed by atoms with Crippen molar-refractivity contribution in [3.05, 3.63) is 66.9 Å². The molecule has 1 amide bonds. The SMILES string of the molecule is Cc1nc(-c2ccc(CNC(=O)c3ccc4c(=O)n(C)c(=O)n(C)c4n3)o2)cs1. The molecule has 0 saturated carbocycles. The molecule has 29 heavy (non-hydrogen) atoms. The summed E-state index contributed by atoms with van der Waals surface area (Å²) in [6.45, 7) is 2.08. The average Bonchev–Trinajstić information content (AvgIpc) is 3.37. The number of carbonyl (C=O) groups excluding carboxylic acids is 1. The monoisotopic (exact) mass is 411 g/mol. The van der Waals surface area contributed by atoms with Gasteiger partial charge in [-0.1, -0.05) is 0 Å². The van der Waals surface area contributed by atoms with Gasteiger partial charge >= 0.3 is 5.69 Å². The lowest BCUT2D eigenvalue weighted by atomic mass is 10.2. The quantitative estimate of drug-likeness (QED) is 0.546. The van der Waals surface area contributed by atoms with E-state index in [0.717, 1.165) is 15.3 Å². The number of amides is 1. The molecule has 0 aliphatic heterocycles. The van der Waals surface area contributed by atoms with E-state index in [0.29, 0.717) is 11.5 Å². The van der Waals surface area contributed by atoms with Crippen LogP contribution in [-0.2, 0) is 20.6 Å². The Morgan fingerprint density at radius 2 is 1.93 bits per heavy atom. The molecule has 4 aromatic heterocycles. The van der Waals surface area contributed by atoms with Crippen LogP contribution in [0.25, 0.3) is 22.5 Å². The minimum Gasteiger partial charge on any atom is -0.458 e. The van der Waals surface area contributed by atoms with Crippen LogP contribution in [0.2, 0.25) is 0 Å². The molecule has 4 rings (SSSR count). The fourth-order valence-corrected chi connectivity index (χ4v) is 3.53. The van der Waals surface area contributed by atoms with E-state index in [1.54, 1.807) is 12.1 Å². The topological polar surface area (TPSA) is 112 Å². The van der Waals surface area contributed by atoms with Crippen molar-refractivity contribution in [2.75, 3.05) is 0 Å². The van der Waals surface area contributed by atoms with Gasteiger partial charge in [0.2, 0.25) is 0 Å². The Morgan fingerprint density at radius 3 is 2.66 bits per heavy atom. The first-order valence-corrected chi connectivity index (χ1v) is 9.59. The number of carbonyl (C=O) groups is 1. The number of fused-ring (bicyclic) bond motifs is 1. The molecular formula is C19H17N5O4S. The third kappa shape index (κ3) is 3.38. The van der Waals surface area contributed by atoms with Crippen molar-refractivity contribution >= 4 is 28.3 Å². The first-order chi connectivity index (χ1) is 13.8. The molecule has 4 aromatic rings. The predicted octanol–water partition coefficient (Wildman–Crippen LogP) is 1.59. The van der Waals surface area contributed by atoms with Crippen molar-refractivity contribution in [1.29, 1.82) is 0 Å². The summed E-state index contributed by atoms with van der Waals surface area (Å²) >= 11 is 1.53. The van der Waals surface area contributed by atoms with Crippen LogP contribution in [0.5, 0.6) is 0 Å². The van der Waals surface area contributed by atoms with Gasteiger partial charge in [0, 0.05) is 19.5 Å². The first kappa shape index (κ1) is 18.8. The number of nitrogens with zero attached hydrogens (tertiary/aromatic N) is 4. The number of hydrogen-bond donors (Lipinski definition) is 1. The van der Waals surface area contributed by atoms with Gasteiger partial charge in [-0.15, -0.1) is 11.3 Å². The number of thiazole rings is 1. The van der Waals surface area contributed by atoms with Crippen molar-refractivity contribution in [1.82, 2.24) is 24.4 Å². The predicted molar refractivity (Wildman–Crippen MR) is 108 cm³/mol. The molecule has 4 heterocycles. The van der Waals surface area contributed by atoms with Crippen LogP contribution in [-0.4, -0.2) is 25.0 Å². The molecule has 0 atom stereocenters. The number of hydrogen-bond acceptors (Lipinski definition) is 7. The second-order valence-electron chi connectivity index (χ2n) is 6.47. The maximum Gasteiger partial charge on any atom is 0.332 e. The van der Waals surface area contributed by atoms with Crippen LogP contribution >= 0.6 is 11.3 Å². The van der Waals surface area contributed by atoms with E-state index >= 15 is 0 Å². The van der Waals surface area contributed by atoms with Gasteiger partial charge in [0.25, 0.3) is 11.5 Å². The highest BCUT2D eigenvalue weighted by Gasteiger charge is 2.15. The summed E-state index contributed by atoms with van der Waals surface area (Å²) in [5.41, 5.74) is 0.0484. The van der Waals surface area contributed by atoms with E-state index in [4.69, 9.17) is 4.42 Å². The summed E-state index contributed by atoms with van der Waals surface area (Å²) < 4.78 is 7.96. The Labute approximate surface area is 168 Å². The van der Waals surface area contributed by atoms with E-state index in [9.17, 15) is 14.4 Å². The number of aryl methyl sites for hydroxylation is 2. The van der Waals surface area contributed by atoms with Crippen LogP contribution in [0.15, 0.2) is 43.7 Å². The van der Waals surface area contributed by atoms with Gasteiger partial charge in [0.1, 0.15) is 22.8 Å². The van der Waals surface area contributed by atoms with E-state index in [2.05, 4.69) is 15.3 Å². The van der Waals surface area contributed by atoms with E-state index in [1.807, 2.05) is 12.3 Å². The van der Waals surface area contributed by atoms with E-state index < -0.39 is 17.2 Å². The zero-order valence-corrected chi connectivity index (χ0v) is 16.7. The fourth-order valence-electron chi connectivity index (χ4n) is 2.93. The van der Waals surface area contributed by atoms with Crippen LogP contribution in [0.4, 0.5) is 0 Å². The molecule has 10 heteroatoms. The normalized spacial score (nSPS) is 11.1. The molecule has 0 unspecified atom stereocenters. The maximum atomic E-state index is 12.5. The van der Waals surface area contributed by atoms with Crippen LogP contribution < -0.4 is 16.6 Å². The van der Waals surface area contributed by atoms with Crippen molar-refractivity contribution < 1.29 is 9.21 Å². The van der Waals surface area contributed by atoms with Crippen LogP contribution in [0.3, 0.4) is 0 Å². The number of furan rings is 1. The van der Waals surface area contributed by atoms with E-state index in [-0.39, 0.29) is 23.3 Å². The minimum atomic E-state index is -0.507. The number of aromatic nitrogens is 4. The summed E-state index contributed by atoms with van der Waals surface area (Å²) in [5.74, 6) is 0.761. The molecule has 1 N–H and O–H groups in total. The molecule has 0 aromatic carbocycles. The van der Waals surface area contributed by atoms with Gasteiger partial charge in [0.15, 0.2) is 5.76 Å². The van der Waals surface area contributed by atoms with Gasteiger partial charge in [-0.3, -0.25) is 18.7 Å². The lowest BCUT2D eigenvalue weighted by Crippen LogP contribution is -2.37. The van der Waals surface area contributed by atoms with Gasteiger partial charge in [0.05, 0.1) is 16.9 Å². The highest BCUT2D eigenvalue weighted by molar-refractivity contribution is 7.09. The van der Waals surface area contributed by atoms with Gasteiger partial charge in [-0.25, -0.2) is 14.8 Å². The summed E-state index contributed by atoms with van der Waals surface area (Å²) in [7, 11) is 2.90. The fraction of sp³-hybridized carbons (Fsp3) is 0.211. The van der Waals surface area contributed by atoms with Crippen molar-refractivity contribution in [2.24, 2.45) is 14.1 Å². The van der Waals surface area contributed by atoms with Gasteiger partial charge in [-0.2, -0.15) is 0 Å². The Morgan fingerprint density at radius 1 is 1.14 bits per heavy atom. The zero-order chi connectivity index (χ0) is 20.7. The number of rotatable bonds is 4. The standard InChI is InChI=1S/C19H17N5O4S/c1-10-21-14(9-29-10)15-7-4-11(28-15)8-20-17(25)13-6-5-12-16(22-13)23(2)19(27)24(3)18(12)26/h4-7,9H,8H2,1-3H3,(H,20,25). The smallest absolute Gasteiger partial charge is 0.332 e. The molecule has 0 fully saturated rings.